The molecule has 120 valence electrons. The highest BCUT2D eigenvalue weighted by molar-refractivity contribution is 5.25. The Hall–Kier alpha value is -0.820. The number of aryl methyl sites for hydroxylation is 1. The molecule has 1 heteroatoms. The van der Waals surface area contributed by atoms with Crippen LogP contribution >= 0.6 is 0 Å². The Morgan fingerprint density at radius 1 is 0.810 bits per heavy atom. The molecule has 1 atom stereocenters. The van der Waals surface area contributed by atoms with E-state index < -0.39 is 0 Å². The van der Waals surface area contributed by atoms with Gasteiger partial charge in [0, 0.05) is 0 Å². The Morgan fingerprint density at radius 2 is 1.48 bits per heavy atom. The van der Waals surface area contributed by atoms with Crippen molar-refractivity contribution in [3.05, 3.63) is 35.4 Å². The van der Waals surface area contributed by atoms with E-state index >= 15 is 0 Å². The Morgan fingerprint density at radius 3 is 2.10 bits per heavy atom. The molecule has 0 heterocycles. The van der Waals surface area contributed by atoms with Crippen molar-refractivity contribution < 1.29 is 0 Å². The summed E-state index contributed by atoms with van der Waals surface area (Å²) in [5.74, 6) is 0.769. The maximum atomic E-state index is 5.59. The van der Waals surface area contributed by atoms with E-state index in [0.29, 0.717) is 0 Å². The van der Waals surface area contributed by atoms with Gasteiger partial charge in [0.2, 0.25) is 0 Å². The van der Waals surface area contributed by atoms with Gasteiger partial charge in [-0.15, -0.1) is 0 Å². The standard InChI is InChI=1S/C20H35N/c1-3-5-7-8-12-19(11-6-4-2)20-15-13-18(14-16-20)10-9-17-21/h13-16,19H,3-12,17,21H2,1-2H3. The molecule has 0 radical (unpaired) electrons. The lowest BCUT2D eigenvalue weighted by molar-refractivity contribution is 0.509. The largest absolute Gasteiger partial charge is 0.330 e. The van der Waals surface area contributed by atoms with Gasteiger partial charge in [-0.1, -0.05) is 76.6 Å². The van der Waals surface area contributed by atoms with Crippen LogP contribution in [0.2, 0.25) is 0 Å². The van der Waals surface area contributed by atoms with E-state index in [-0.39, 0.29) is 0 Å². The van der Waals surface area contributed by atoms with Crippen LogP contribution in [-0.2, 0) is 6.42 Å². The van der Waals surface area contributed by atoms with Crippen molar-refractivity contribution in [3.63, 3.8) is 0 Å². The zero-order chi connectivity index (χ0) is 15.3. The normalized spacial score (nSPS) is 12.5. The number of hydrogen-bond acceptors (Lipinski definition) is 1. The molecule has 1 rings (SSSR count). The molecule has 0 amide bonds. The fourth-order valence-corrected chi connectivity index (χ4v) is 3.01. The minimum Gasteiger partial charge on any atom is -0.330 e. The number of hydrogen-bond donors (Lipinski definition) is 1. The monoisotopic (exact) mass is 289 g/mol. The van der Waals surface area contributed by atoms with E-state index in [2.05, 4.69) is 38.1 Å². The molecule has 0 saturated heterocycles. The Balaban J connectivity index is 2.54. The summed E-state index contributed by atoms with van der Waals surface area (Å²) in [4.78, 5) is 0. The number of rotatable bonds is 12. The molecular formula is C20H35N. The predicted molar refractivity (Wildman–Crippen MR) is 94.8 cm³/mol. The van der Waals surface area contributed by atoms with Crippen molar-refractivity contribution in [1.29, 1.82) is 0 Å². The topological polar surface area (TPSA) is 26.0 Å². The molecule has 1 nitrogen and oxygen atoms in total. The van der Waals surface area contributed by atoms with E-state index in [1.165, 1.54) is 56.9 Å². The maximum absolute atomic E-state index is 5.59. The van der Waals surface area contributed by atoms with Gasteiger partial charge >= 0.3 is 0 Å². The molecule has 1 aromatic carbocycles. The summed E-state index contributed by atoms with van der Waals surface area (Å²) in [5, 5.41) is 0. The minimum absolute atomic E-state index is 0.769. The van der Waals surface area contributed by atoms with Gasteiger partial charge in [-0.3, -0.25) is 0 Å². The zero-order valence-corrected chi connectivity index (χ0v) is 14.2. The summed E-state index contributed by atoms with van der Waals surface area (Å²) >= 11 is 0. The predicted octanol–water partition coefficient (Wildman–Crippen LogP) is 5.82. The third kappa shape index (κ3) is 7.66. The van der Waals surface area contributed by atoms with Gasteiger partial charge < -0.3 is 5.73 Å². The molecule has 0 fully saturated rings. The quantitative estimate of drug-likeness (QED) is 0.482. The second-order valence-corrected chi connectivity index (χ2v) is 6.32. The summed E-state index contributed by atoms with van der Waals surface area (Å²) in [6.45, 7) is 5.37. The summed E-state index contributed by atoms with van der Waals surface area (Å²) in [5.41, 5.74) is 8.58. The van der Waals surface area contributed by atoms with Crippen molar-refractivity contribution in [2.45, 2.75) is 84.0 Å². The summed E-state index contributed by atoms with van der Waals surface area (Å²) < 4.78 is 0. The van der Waals surface area contributed by atoms with Crippen LogP contribution < -0.4 is 5.73 Å². The van der Waals surface area contributed by atoms with Gasteiger partial charge in [-0.05, 0) is 49.3 Å². The fraction of sp³-hybridized carbons (Fsp3) is 0.700. The highest BCUT2D eigenvalue weighted by Crippen LogP contribution is 2.28. The lowest BCUT2D eigenvalue weighted by Crippen LogP contribution is -2.02. The lowest BCUT2D eigenvalue weighted by Gasteiger charge is -2.17. The van der Waals surface area contributed by atoms with E-state index in [0.717, 1.165) is 25.3 Å². The average molecular weight is 290 g/mol. The molecule has 1 aromatic rings. The van der Waals surface area contributed by atoms with Crippen LogP contribution in [0.4, 0.5) is 0 Å². The van der Waals surface area contributed by atoms with E-state index in [4.69, 9.17) is 5.73 Å². The second kappa shape index (κ2) is 11.8. The first-order chi connectivity index (χ1) is 10.3. The Kier molecular flexibility index (Phi) is 10.2. The van der Waals surface area contributed by atoms with Crippen LogP contribution in [0.1, 0.15) is 88.7 Å². The number of nitrogens with two attached hydrogens (primary N) is 1. The van der Waals surface area contributed by atoms with Gasteiger partial charge in [0.1, 0.15) is 0 Å². The van der Waals surface area contributed by atoms with E-state index in [1.807, 2.05) is 0 Å². The van der Waals surface area contributed by atoms with Crippen molar-refractivity contribution in [2.24, 2.45) is 5.73 Å². The maximum Gasteiger partial charge on any atom is -0.00741 e. The van der Waals surface area contributed by atoms with Gasteiger partial charge in [-0.25, -0.2) is 0 Å². The van der Waals surface area contributed by atoms with Crippen molar-refractivity contribution in [2.75, 3.05) is 6.54 Å². The zero-order valence-electron chi connectivity index (χ0n) is 14.2. The van der Waals surface area contributed by atoms with Crippen LogP contribution in [0.3, 0.4) is 0 Å². The summed E-state index contributed by atoms with van der Waals surface area (Å²) in [7, 11) is 0. The molecule has 0 saturated carbocycles. The first-order valence-corrected chi connectivity index (χ1v) is 9.10. The van der Waals surface area contributed by atoms with Gasteiger partial charge in [0.15, 0.2) is 0 Å². The van der Waals surface area contributed by atoms with Crippen molar-refractivity contribution >= 4 is 0 Å². The smallest absolute Gasteiger partial charge is 0.00741 e. The van der Waals surface area contributed by atoms with Crippen LogP contribution in [0.15, 0.2) is 24.3 Å². The third-order valence-corrected chi connectivity index (χ3v) is 4.43. The van der Waals surface area contributed by atoms with Crippen LogP contribution in [-0.4, -0.2) is 6.54 Å². The van der Waals surface area contributed by atoms with Crippen molar-refractivity contribution in [1.82, 2.24) is 0 Å². The molecule has 0 bridgehead atoms. The second-order valence-electron chi connectivity index (χ2n) is 6.32. The fourth-order valence-electron chi connectivity index (χ4n) is 3.01. The Bertz CT molecular complexity index is 341. The van der Waals surface area contributed by atoms with Gasteiger partial charge in [0.25, 0.3) is 0 Å². The summed E-state index contributed by atoms with van der Waals surface area (Å²) in [6.07, 6.45) is 13.1. The summed E-state index contributed by atoms with van der Waals surface area (Å²) in [6, 6.07) is 9.37. The first kappa shape index (κ1) is 18.2. The molecule has 0 spiro atoms. The van der Waals surface area contributed by atoms with E-state index in [9.17, 15) is 0 Å². The molecule has 1 unspecified atom stereocenters. The highest BCUT2D eigenvalue weighted by atomic mass is 14.5. The molecule has 0 aliphatic carbocycles. The highest BCUT2D eigenvalue weighted by Gasteiger charge is 2.10. The SMILES string of the molecule is CCCCCCC(CCCC)c1ccc(CCCN)cc1. The Labute approximate surface area is 132 Å². The lowest BCUT2D eigenvalue weighted by atomic mass is 9.88. The van der Waals surface area contributed by atoms with Crippen LogP contribution in [0.25, 0.3) is 0 Å². The molecule has 0 aromatic heterocycles. The number of benzene rings is 1. The third-order valence-electron chi connectivity index (χ3n) is 4.43. The minimum atomic E-state index is 0.769. The molecule has 2 N–H and O–H groups in total. The average Bonchev–Trinajstić information content (AvgIpc) is 2.53. The van der Waals surface area contributed by atoms with Gasteiger partial charge in [0.05, 0.1) is 0 Å². The first-order valence-electron chi connectivity index (χ1n) is 9.10. The molecule has 21 heavy (non-hydrogen) atoms. The molecular weight excluding hydrogens is 254 g/mol. The van der Waals surface area contributed by atoms with Crippen LogP contribution in [0.5, 0.6) is 0 Å². The van der Waals surface area contributed by atoms with Crippen LogP contribution in [0, 0.1) is 0 Å². The molecule has 0 aliphatic rings. The number of unbranched alkanes of at least 4 members (excludes halogenated alkanes) is 4. The van der Waals surface area contributed by atoms with E-state index in [1.54, 1.807) is 5.56 Å². The molecule has 0 aliphatic heterocycles. The van der Waals surface area contributed by atoms with Crippen molar-refractivity contribution in [3.8, 4) is 0 Å². The van der Waals surface area contributed by atoms with Gasteiger partial charge in [-0.2, -0.15) is 0 Å².